The number of fused-ring (bicyclic) bond motifs is 1. The summed E-state index contributed by atoms with van der Waals surface area (Å²) in [5.41, 5.74) is 1.27. The maximum absolute atomic E-state index is 4.53. The summed E-state index contributed by atoms with van der Waals surface area (Å²) < 4.78 is 2.18. The van der Waals surface area contributed by atoms with Gasteiger partial charge in [-0.25, -0.2) is 15.0 Å². The number of hydrogen-bond donors (Lipinski definition) is 0. The van der Waals surface area contributed by atoms with Gasteiger partial charge in [0, 0.05) is 26.0 Å². The van der Waals surface area contributed by atoms with Crippen molar-refractivity contribution in [2.24, 2.45) is 0 Å². The van der Waals surface area contributed by atoms with Crippen LogP contribution in [-0.2, 0) is 13.1 Å². The predicted octanol–water partition coefficient (Wildman–Crippen LogP) is 3.57. The van der Waals surface area contributed by atoms with Gasteiger partial charge in [0.1, 0.15) is 22.8 Å². The van der Waals surface area contributed by atoms with Crippen LogP contribution in [0.5, 0.6) is 0 Å². The number of nitrogens with zero attached hydrogens (tertiary/aromatic N) is 5. The first-order chi connectivity index (χ1) is 11.8. The molecule has 0 aliphatic heterocycles. The highest BCUT2D eigenvalue weighted by molar-refractivity contribution is 7.16. The molecule has 6 heteroatoms. The summed E-state index contributed by atoms with van der Waals surface area (Å²) in [4.78, 5) is 16.4. The SMILES string of the molecule is CN(Cc1nccn1Cc1ccccc1)c1ncnc2sccc12. The minimum Gasteiger partial charge on any atom is -0.352 e. The Morgan fingerprint density at radius 3 is 2.83 bits per heavy atom. The molecule has 0 spiro atoms. The molecular formula is C18H17N5S. The average molecular weight is 335 g/mol. The normalized spacial score (nSPS) is 11.0. The summed E-state index contributed by atoms with van der Waals surface area (Å²) in [6, 6.07) is 12.5. The van der Waals surface area contributed by atoms with Crippen molar-refractivity contribution in [3.05, 3.63) is 71.9 Å². The first kappa shape index (κ1) is 14.8. The summed E-state index contributed by atoms with van der Waals surface area (Å²) in [6.45, 7) is 1.52. The molecule has 0 saturated heterocycles. The first-order valence-electron chi connectivity index (χ1n) is 7.74. The van der Waals surface area contributed by atoms with Gasteiger partial charge >= 0.3 is 0 Å². The van der Waals surface area contributed by atoms with Crippen LogP contribution < -0.4 is 4.90 Å². The van der Waals surface area contributed by atoms with E-state index in [1.165, 1.54) is 5.56 Å². The van der Waals surface area contributed by atoms with Gasteiger partial charge < -0.3 is 9.47 Å². The highest BCUT2D eigenvalue weighted by Crippen LogP contribution is 2.26. The summed E-state index contributed by atoms with van der Waals surface area (Å²) in [5.74, 6) is 1.96. The molecule has 3 aromatic heterocycles. The molecule has 24 heavy (non-hydrogen) atoms. The van der Waals surface area contributed by atoms with Gasteiger partial charge in [0.15, 0.2) is 0 Å². The molecule has 120 valence electrons. The van der Waals surface area contributed by atoms with Gasteiger partial charge in [-0.15, -0.1) is 11.3 Å². The topological polar surface area (TPSA) is 46.8 Å². The van der Waals surface area contributed by atoms with E-state index in [0.29, 0.717) is 6.54 Å². The maximum atomic E-state index is 4.53. The van der Waals surface area contributed by atoms with Crippen LogP contribution >= 0.6 is 11.3 Å². The smallest absolute Gasteiger partial charge is 0.140 e. The summed E-state index contributed by atoms with van der Waals surface area (Å²) in [5, 5.41) is 3.14. The van der Waals surface area contributed by atoms with E-state index < -0.39 is 0 Å². The second kappa shape index (κ2) is 6.41. The lowest BCUT2D eigenvalue weighted by molar-refractivity contribution is 0.705. The van der Waals surface area contributed by atoms with Crippen LogP contribution in [0, 0.1) is 0 Å². The molecule has 4 aromatic rings. The van der Waals surface area contributed by atoms with Crippen LogP contribution in [-0.4, -0.2) is 26.6 Å². The molecule has 0 fully saturated rings. The molecule has 3 heterocycles. The number of anilines is 1. The fourth-order valence-corrected chi connectivity index (χ4v) is 3.51. The lowest BCUT2D eigenvalue weighted by Crippen LogP contribution is -2.21. The second-order valence-corrected chi connectivity index (χ2v) is 6.54. The van der Waals surface area contributed by atoms with Crippen LogP contribution in [0.4, 0.5) is 5.82 Å². The number of rotatable bonds is 5. The van der Waals surface area contributed by atoms with E-state index in [9.17, 15) is 0 Å². The Morgan fingerprint density at radius 2 is 1.96 bits per heavy atom. The zero-order chi connectivity index (χ0) is 16.4. The Labute approximate surface area is 144 Å². The number of aromatic nitrogens is 4. The molecule has 1 aromatic carbocycles. The standard InChI is InChI=1S/C18H17N5S/c1-22(17-15-7-10-24-18(15)21-13-20-17)12-16-19-8-9-23(16)11-14-5-3-2-4-6-14/h2-10,13H,11-12H2,1H3. The van der Waals surface area contributed by atoms with Crippen molar-refractivity contribution in [1.82, 2.24) is 19.5 Å². The second-order valence-electron chi connectivity index (χ2n) is 5.65. The summed E-state index contributed by atoms with van der Waals surface area (Å²) >= 11 is 1.63. The minimum atomic E-state index is 0.696. The van der Waals surface area contributed by atoms with Gasteiger partial charge in [0.25, 0.3) is 0 Å². The Balaban J connectivity index is 1.58. The monoisotopic (exact) mass is 335 g/mol. The van der Waals surface area contributed by atoms with Gasteiger partial charge in [0.05, 0.1) is 11.9 Å². The van der Waals surface area contributed by atoms with Crippen LogP contribution in [0.1, 0.15) is 11.4 Å². The quantitative estimate of drug-likeness (QED) is 0.559. The summed E-state index contributed by atoms with van der Waals surface area (Å²) in [7, 11) is 2.04. The fraction of sp³-hybridized carbons (Fsp3) is 0.167. The van der Waals surface area contributed by atoms with Crippen molar-refractivity contribution < 1.29 is 0 Å². The number of imidazole rings is 1. The Kier molecular flexibility index (Phi) is 3.96. The highest BCUT2D eigenvalue weighted by atomic mass is 32.1. The molecule has 5 nitrogen and oxygen atoms in total. The van der Waals surface area contributed by atoms with Gasteiger partial charge in [-0.1, -0.05) is 30.3 Å². The molecule has 0 radical (unpaired) electrons. The largest absolute Gasteiger partial charge is 0.352 e. The van der Waals surface area contributed by atoms with E-state index in [1.54, 1.807) is 17.7 Å². The fourth-order valence-electron chi connectivity index (χ4n) is 2.78. The lowest BCUT2D eigenvalue weighted by Gasteiger charge is -2.19. The molecular weight excluding hydrogens is 318 g/mol. The minimum absolute atomic E-state index is 0.696. The van der Waals surface area contributed by atoms with E-state index >= 15 is 0 Å². The molecule has 0 saturated carbocycles. The van der Waals surface area contributed by atoms with Crippen molar-refractivity contribution >= 4 is 27.4 Å². The molecule has 0 unspecified atom stereocenters. The van der Waals surface area contributed by atoms with Crippen LogP contribution in [0.3, 0.4) is 0 Å². The Bertz CT molecular complexity index is 944. The number of hydrogen-bond acceptors (Lipinski definition) is 5. The van der Waals surface area contributed by atoms with Crippen LogP contribution in [0.2, 0.25) is 0 Å². The zero-order valence-corrected chi connectivity index (χ0v) is 14.1. The van der Waals surface area contributed by atoms with Crippen molar-refractivity contribution in [2.75, 3.05) is 11.9 Å². The Hall–Kier alpha value is -2.73. The maximum Gasteiger partial charge on any atom is 0.140 e. The van der Waals surface area contributed by atoms with E-state index in [4.69, 9.17) is 0 Å². The number of benzene rings is 1. The molecule has 0 aliphatic carbocycles. The van der Waals surface area contributed by atoms with E-state index in [-0.39, 0.29) is 0 Å². The molecule has 0 bridgehead atoms. The highest BCUT2D eigenvalue weighted by Gasteiger charge is 2.12. The number of thiophene rings is 1. The van der Waals surface area contributed by atoms with E-state index in [1.807, 2.05) is 30.9 Å². The van der Waals surface area contributed by atoms with Gasteiger partial charge in [-0.2, -0.15) is 0 Å². The van der Waals surface area contributed by atoms with Gasteiger partial charge in [0.2, 0.25) is 0 Å². The van der Waals surface area contributed by atoms with Crippen molar-refractivity contribution in [3.8, 4) is 0 Å². The molecule has 0 atom stereocenters. The van der Waals surface area contributed by atoms with Crippen molar-refractivity contribution in [3.63, 3.8) is 0 Å². The van der Waals surface area contributed by atoms with E-state index in [0.717, 1.165) is 28.4 Å². The Morgan fingerprint density at radius 1 is 1.08 bits per heavy atom. The van der Waals surface area contributed by atoms with Crippen molar-refractivity contribution in [1.29, 1.82) is 0 Å². The van der Waals surface area contributed by atoms with Crippen LogP contribution in [0.25, 0.3) is 10.2 Å². The molecule has 4 rings (SSSR count). The lowest BCUT2D eigenvalue weighted by atomic mass is 10.2. The third-order valence-electron chi connectivity index (χ3n) is 3.98. The van der Waals surface area contributed by atoms with Crippen LogP contribution in [0.15, 0.2) is 60.5 Å². The van der Waals surface area contributed by atoms with Gasteiger partial charge in [-0.05, 0) is 17.0 Å². The van der Waals surface area contributed by atoms with Gasteiger partial charge in [-0.3, -0.25) is 0 Å². The van der Waals surface area contributed by atoms with E-state index in [2.05, 4.69) is 54.8 Å². The predicted molar refractivity (Wildman–Crippen MR) is 97.3 cm³/mol. The van der Waals surface area contributed by atoms with Crippen molar-refractivity contribution in [2.45, 2.75) is 13.1 Å². The third-order valence-corrected chi connectivity index (χ3v) is 4.80. The third kappa shape index (κ3) is 2.88. The first-order valence-corrected chi connectivity index (χ1v) is 8.62. The zero-order valence-electron chi connectivity index (χ0n) is 13.3. The molecule has 0 aliphatic rings. The molecule has 0 amide bonds. The average Bonchev–Trinajstić information content (AvgIpc) is 3.25. The molecule has 0 N–H and O–H groups in total. The summed E-state index contributed by atoms with van der Waals surface area (Å²) in [6.07, 6.45) is 5.50.